The first-order valence-corrected chi connectivity index (χ1v) is 9.73. The SMILES string of the molecule is CN=C(NCCSc1ccc(Cl)cc1)NCc1cn2ccsc2n1. The zero-order valence-corrected chi connectivity index (χ0v) is 15.6. The van der Waals surface area contributed by atoms with Crippen molar-refractivity contribution in [1.82, 2.24) is 20.0 Å². The first-order valence-electron chi connectivity index (χ1n) is 7.48. The molecule has 2 aromatic heterocycles. The molecule has 8 heteroatoms. The predicted octanol–water partition coefficient (Wildman–Crippen LogP) is 3.51. The molecule has 5 nitrogen and oxygen atoms in total. The fourth-order valence-electron chi connectivity index (χ4n) is 2.13. The molecule has 0 fully saturated rings. The van der Waals surface area contributed by atoms with Gasteiger partial charge in [-0.3, -0.25) is 9.39 Å². The molecule has 24 heavy (non-hydrogen) atoms. The molecular formula is C16H18ClN5S2. The van der Waals surface area contributed by atoms with Crippen molar-refractivity contribution in [2.24, 2.45) is 4.99 Å². The second-order valence-corrected chi connectivity index (χ2v) is 7.46. The highest BCUT2D eigenvalue weighted by Gasteiger charge is 2.04. The maximum absolute atomic E-state index is 5.89. The minimum atomic E-state index is 0.651. The number of aromatic nitrogens is 2. The van der Waals surface area contributed by atoms with E-state index in [4.69, 9.17) is 11.6 Å². The molecule has 2 N–H and O–H groups in total. The van der Waals surface area contributed by atoms with Gasteiger partial charge in [0.1, 0.15) is 0 Å². The molecule has 3 aromatic rings. The van der Waals surface area contributed by atoms with Crippen LogP contribution in [0.2, 0.25) is 5.02 Å². The Kier molecular flexibility index (Phi) is 6.01. The van der Waals surface area contributed by atoms with Gasteiger partial charge in [-0.25, -0.2) is 4.98 Å². The van der Waals surface area contributed by atoms with E-state index in [9.17, 15) is 0 Å². The lowest BCUT2D eigenvalue weighted by molar-refractivity contribution is 0.818. The number of thioether (sulfide) groups is 1. The van der Waals surface area contributed by atoms with Crippen molar-refractivity contribution in [3.05, 3.63) is 52.8 Å². The van der Waals surface area contributed by atoms with Crippen LogP contribution in [0.15, 0.2) is 51.9 Å². The van der Waals surface area contributed by atoms with Gasteiger partial charge >= 0.3 is 0 Å². The molecule has 2 heterocycles. The first kappa shape index (κ1) is 17.1. The molecule has 3 rings (SSSR count). The summed E-state index contributed by atoms with van der Waals surface area (Å²) < 4.78 is 2.03. The molecule has 126 valence electrons. The van der Waals surface area contributed by atoms with E-state index in [1.807, 2.05) is 46.4 Å². The molecule has 0 bridgehead atoms. The highest BCUT2D eigenvalue weighted by molar-refractivity contribution is 7.99. The van der Waals surface area contributed by atoms with Crippen molar-refractivity contribution in [3.8, 4) is 0 Å². The summed E-state index contributed by atoms with van der Waals surface area (Å²) >= 11 is 9.30. The van der Waals surface area contributed by atoms with Crippen LogP contribution in [0.5, 0.6) is 0 Å². The van der Waals surface area contributed by atoms with Crippen molar-refractivity contribution >= 4 is 45.6 Å². The summed E-state index contributed by atoms with van der Waals surface area (Å²) in [5.41, 5.74) is 1.00. The minimum Gasteiger partial charge on any atom is -0.356 e. The number of benzene rings is 1. The normalized spacial score (nSPS) is 11.8. The number of guanidine groups is 1. The number of aliphatic imine (C=N–C) groups is 1. The minimum absolute atomic E-state index is 0.651. The number of hydrogen-bond acceptors (Lipinski definition) is 4. The molecule has 0 aliphatic carbocycles. The maximum Gasteiger partial charge on any atom is 0.193 e. The third kappa shape index (κ3) is 4.66. The van der Waals surface area contributed by atoms with Gasteiger partial charge in [0.2, 0.25) is 0 Å². The summed E-state index contributed by atoms with van der Waals surface area (Å²) in [6.45, 7) is 1.48. The van der Waals surface area contributed by atoms with E-state index in [1.165, 1.54) is 4.90 Å². The van der Waals surface area contributed by atoms with Crippen LogP contribution in [0.25, 0.3) is 4.96 Å². The summed E-state index contributed by atoms with van der Waals surface area (Å²) in [4.78, 5) is 11.0. The quantitative estimate of drug-likeness (QED) is 0.298. The highest BCUT2D eigenvalue weighted by atomic mass is 35.5. The number of nitrogens with zero attached hydrogens (tertiary/aromatic N) is 3. The molecular weight excluding hydrogens is 362 g/mol. The van der Waals surface area contributed by atoms with Gasteiger partial charge in [-0.05, 0) is 24.3 Å². The largest absolute Gasteiger partial charge is 0.356 e. The smallest absolute Gasteiger partial charge is 0.193 e. The van der Waals surface area contributed by atoms with E-state index in [2.05, 4.69) is 20.6 Å². The molecule has 0 aliphatic rings. The fourth-order valence-corrected chi connectivity index (χ4v) is 3.74. The van der Waals surface area contributed by atoms with Gasteiger partial charge in [-0.2, -0.15) is 0 Å². The van der Waals surface area contributed by atoms with Crippen molar-refractivity contribution in [1.29, 1.82) is 0 Å². The average molecular weight is 380 g/mol. The highest BCUT2D eigenvalue weighted by Crippen LogP contribution is 2.19. The van der Waals surface area contributed by atoms with E-state index in [-0.39, 0.29) is 0 Å². The Morgan fingerprint density at radius 3 is 2.92 bits per heavy atom. The van der Waals surface area contributed by atoms with Crippen molar-refractivity contribution in [3.63, 3.8) is 0 Å². The van der Waals surface area contributed by atoms with Crippen LogP contribution in [0.3, 0.4) is 0 Å². The summed E-state index contributed by atoms with van der Waals surface area (Å²) in [7, 11) is 1.77. The second-order valence-electron chi connectivity index (χ2n) is 4.98. The zero-order chi connectivity index (χ0) is 16.8. The average Bonchev–Trinajstić information content (AvgIpc) is 3.17. The van der Waals surface area contributed by atoms with Crippen molar-refractivity contribution < 1.29 is 0 Å². The summed E-state index contributed by atoms with van der Waals surface area (Å²) in [5.74, 6) is 1.73. The lowest BCUT2D eigenvalue weighted by Crippen LogP contribution is -2.38. The van der Waals surface area contributed by atoms with Crippen LogP contribution in [0, 0.1) is 0 Å². The van der Waals surface area contributed by atoms with Crippen LogP contribution in [-0.2, 0) is 6.54 Å². The monoisotopic (exact) mass is 379 g/mol. The lowest BCUT2D eigenvalue weighted by Gasteiger charge is -2.10. The van der Waals surface area contributed by atoms with Crippen LogP contribution in [-0.4, -0.2) is 34.7 Å². The number of hydrogen-bond donors (Lipinski definition) is 2. The van der Waals surface area contributed by atoms with Crippen LogP contribution in [0.4, 0.5) is 0 Å². The van der Waals surface area contributed by atoms with Gasteiger partial charge in [0, 0.05) is 47.0 Å². The molecule has 0 saturated heterocycles. The van der Waals surface area contributed by atoms with Gasteiger partial charge in [-0.1, -0.05) is 11.6 Å². The summed E-state index contributed by atoms with van der Waals surface area (Å²) in [6.07, 6.45) is 4.04. The Bertz CT molecular complexity index is 781. The number of thiazole rings is 1. The molecule has 0 aliphatic heterocycles. The van der Waals surface area contributed by atoms with E-state index < -0.39 is 0 Å². The van der Waals surface area contributed by atoms with Gasteiger partial charge in [0.25, 0.3) is 0 Å². The van der Waals surface area contributed by atoms with Crippen LogP contribution < -0.4 is 10.6 Å². The Hall–Kier alpha value is -1.70. The van der Waals surface area contributed by atoms with Crippen LogP contribution in [0.1, 0.15) is 5.69 Å². The zero-order valence-electron chi connectivity index (χ0n) is 13.2. The van der Waals surface area contributed by atoms with Gasteiger partial charge in [0.05, 0.1) is 12.2 Å². The van der Waals surface area contributed by atoms with E-state index in [0.29, 0.717) is 6.54 Å². The van der Waals surface area contributed by atoms with Gasteiger partial charge in [0.15, 0.2) is 10.9 Å². The molecule has 0 spiro atoms. The number of halogens is 1. The summed E-state index contributed by atoms with van der Waals surface area (Å²) in [6, 6.07) is 7.88. The Morgan fingerprint density at radius 2 is 2.17 bits per heavy atom. The Morgan fingerprint density at radius 1 is 1.33 bits per heavy atom. The Labute approximate surface area is 154 Å². The molecule has 0 amide bonds. The molecule has 0 saturated carbocycles. The standard InChI is InChI=1S/C16H18ClN5S2/c1-18-15(19-6-8-23-14-4-2-12(17)3-5-14)20-10-13-11-22-7-9-24-16(22)21-13/h2-5,7,9,11H,6,8,10H2,1H3,(H2,18,19,20). The number of rotatable bonds is 6. The molecule has 0 unspecified atom stereocenters. The third-order valence-electron chi connectivity index (χ3n) is 3.28. The number of nitrogens with one attached hydrogen (secondary N) is 2. The summed E-state index contributed by atoms with van der Waals surface area (Å²) in [5, 5.41) is 9.38. The maximum atomic E-state index is 5.89. The number of fused-ring (bicyclic) bond motifs is 1. The van der Waals surface area contributed by atoms with Crippen molar-refractivity contribution in [2.75, 3.05) is 19.3 Å². The third-order valence-corrected chi connectivity index (χ3v) is 5.32. The molecule has 0 radical (unpaired) electrons. The lowest BCUT2D eigenvalue weighted by atomic mass is 10.4. The molecule has 0 atom stereocenters. The van der Waals surface area contributed by atoms with E-state index >= 15 is 0 Å². The van der Waals surface area contributed by atoms with Crippen LogP contribution >= 0.6 is 34.7 Å². The van der Waals surface area contributed by atoms with Gasteiger partial charge < -0.3 is 10.6 Å². The van der Waals surface area contributed by atoms with E-state index in [0.717, 1.165) is 33.9 Å². The van der Waals surface area contributed by atoms with Crippen molar-refractivity contribution in [2.45, 2.75) is 11.4 Å². The number of imidazole rings is 1. The Balaban J connectivity index is 1.40. The van der Waals surface area contributed by atoms with E-state index in [1.54, 1.807) is 30.1 Å². The second kappa shape index (κ2) is 8.41. The predicted molar refractivity (Wildman–Crippen MR) is 103 cm³/mol. The first-order chi connectivity index (χ1) is 11.7. The topological polar surface area (TPSA) is 53.7 Å². The molecule has 1 aromatic carbocycles. The fraction of sp³-hybridized carbons (Fsp3) is 0.250. The van der Waals surface area contributed by atoms with Gasteiger partial charge in [-0.15, -0.1) is 23.1 Å².